The topological polar surface area (TPSA) is 62.5 Å². The van der Waals surface area contributed by atoms with Gasteiger partial charge in [0.05, 0.1) is 10.9 Å². The maximum Gasteiger partial charge on any atom is 0.315 e. The molecule has 0 aromatic carbocycles. The lowest BCUT2D eigenvalue weighted by Gasteiger charge is -2.36. The van der Waals surface area contributed by atoms with Crippen molar-refractivity contribution in [2.24, 2.45) is 11.3 Å². The van der Waals surface area contributed by atoms with Gasteiger partial charge in [-0.1, -0.05) is 32.1 Å². The van der Waals surface area contributed by atoms with Gasteiger partial charge in [-0.3, -0.25) is 4.79 Å². The first-order valence-corrected chi connectivity index (χ1v) is 8.20. The van der Waals surface area contributed by atoms with Crippen LogP contribution in [0.25, 0.3) is 0 Å². The molecule has 0 saturated carbocycles. The van der Waals surface area contributed by atoms with E-state index < -0.39 is 16.8 Å². The molecule has 0 amide bonds. The molecule has 1 aromatic heterocycles. The van der Waals surface area contributed by atoms with E-state index in [-0.39, 0.29) is 5.92 Å². The van der Waals surface area contributed by atoms with Crippen LogP contribution in [0.4, 0.5) is 0 Å². The third-order valence-corrected chi connectivity index (χ3v) is 4.99. The summed E-state index contributed by atoms with van der Waals surface area (Å²) in [5.74, 6) is 0.384. The number of nitrogens with one attached hydrogen (secondary N) is 1. The normalized spacial score (nSPS) is 23.7. The monoisotopic (exact) mass is 353 g/mol. The van der Waals surface area contributed by atoms with E-state index in [1.165, 1.54) is 0 Å². The van der Waals surface area contributed by atoms with E-state index in [0.717, 1.165) is 17.1 Å². The molecule has 6 heteroatoms. The summed E-state index contributed by atoms with van der Waals surface area (Å²) in [6.45, 7) is 7.38. The van der Waals surface area contributed by atoms with E-state index in [1.807, 2.05) is 33.8 Å². The van der Waals surface area contributed by atoms with Crippen LogP contribution in [0.15, 0.2) is 34.4 Å². The van der Waals surface area contributed by atoms with Crippen LogP contribution in [0.5, 0.6) is 0 Å². The first kappa shape index (κ1) is 17.8. The van der Waals surface area contributed by atoms with E-state index in [2.05, 4.69) is 5.32 Å². The van der Waals surface area contributed by atoms with E-state index in [9.17, 15) is 9.90 Å². The number of halogens is 1. The summed E-state index contributed by atoms with van der Waals surface area (Å²) in [5.41, 5.74) is 0.252. The fourth-order valence-corrected chi connectivity index (χ4v) is 3.58. The van der Waals surface area contributed by atoms with Crippen LogP contribution in [0.1, 0.15) is 30.9 Å². The average molecular weight is 354 g/mol. The van der Waals surface area contributed by atoms with Crippen molar-refractivity contribution in [1.82, 2.24) is 5.32 Å². The fraction of sp³-hybridized carbons (Fsp3) is 0.412. The van der Waals surface area contributed by atoms with E-state index >= 15 is 0 Å². The third kappa shape index (κ3) is 3.21. The molecule has 4 nitrogen and oxygen atoms in total. The number of furan rings is 1. The van der Waals surface area contributed by atoms with E-state index in [0.29, 0.717) is 10.7 Å². The van der Waals surface area contributed by atoms with Crippen LogP contribution in [0, 0.1) is 25.2 Å². The molecule has 2 unspecified atom stereocenters. The quantitative estimate of drug-likeness (QED) is 0.634. The number of aryl methyl sites for hydroxylation is 2. The lowest BCUT2D eigenvalue weighted by atomic mass is 9.71. The van der Waals surface area contributed by atoms with Gasteiger partial charge in [0, 0.05) is 5.70 Å². The first-order chi connectivity index (χ1) is 10.7. The van der Waals surface area contributed by atoms with Crippen molar-refractivity contribution in [3.05, 3.63) is 47.1 Å². The highest BCUT2D eigenvalue weighted by Crippen LogP contribution is 2.41. The number of thiocarbonyl (C=S) groups is 1. The van der Waals surface area contributed by atoms with Gasteiger partial charge < -0.3 is 14.8 Å². The van der Waals surface area contributed by atoms with Crippen molar-refractivity contribution in [3.8, 4) is 0 Å². The zero-order chi connectivity index (χ0) is 17.4. The number of aliphatic carboxylic acids is 1. The van der Waals surface area contributed by atoms with Crippen molar-refractivity contribution in [2.75, 3.05) is 0 Å². The highest BCUT2D eigenvalue weighted by atomic mass is 35.5. The Hall–Kier alpha value is -1.59. The first-order valence-electron chi connectivity index (χ1n) is 7.35. The number of allylic oxidation sites excluding steroid dienone is 2. The number of carbonyl (C=O) groups is 1. The summed E-state index contributed by atoms with van der Waals surface area (Å²) in [5, 5.41) is 12.2. The highest BCUT2D eigenvalue weighted by Gasteiger charge is 2.47. The van der Waals surface area contributed by atoms with Crippen molar-refractivity contribution >= 4 is 34.8 Å². The third-order valence-electron chi connectivity index (χ3n) is 4.16. The van der Waals surface area contributed by atoms with Gasteiger partial charge in [-0.05, 0) is 38.0 Å². The number of rotatable bonds is 4. The Kier molecular flexibility index (Phi) is 5.01. The maximum atomic E-state index is 11.8. The Labute approximate surface area is 146 Å². The van der Waals surface area contributed by atoms with Gasteiger partial charge in [-0.2, -0.15) is 0 Å². The van der Waals surface area contributed by atoms with Crippen molar-refractivity contribution in [1.29, 1.82) is 0 Å². The number of hydrogen-bond acceptors (Lipinski definition) is 3. The van der Waals surface area contributed by atoms with Crippen molar-refractivity contribution < 1.29 is 14.3 Å². The molecule has 124 valence electrons. The lowest BCUT2D eigenvalue weighted by molar-refractivity contribution is -0.148. The molecule has 1 aliphatic carbocycles. The molecule has 1 heterocycles. The molecule has 0 bridgehead atoms. The van der Waals surface area contributed by atoms with Crippen LogP contribution in [-0.2, 0) is 4.79 Å². The van der Waals surface area contributed by atoms with Crippen LogP contribution in [0.3, 0.4) is 0 Å². The lowest BCUT2D eigenvalue weighted by Crippen LogP contribution is -2.44. The minimum absolute atomic E-state index is 0.171. The van der Waals surface area contributed by atoms with Gasteiger partial charge >= 0.3 is 5.97 Å². The van der Waals surface area contributed by atoms with E-state index in [4.69, 9.17) is 28.2 Å². The van der Waals surface area contributed by atoms with Gasteiger partial charge in [-0.25, -0.2) is 0 Å². The van der Waals surface area contributed by atoms with Gasteiger partial charge in [-0.15, -0.1) is 11.6 Å². The molecular weight excluding hydrogens is 334 g/mol. The second kappa shape index (κ2) is 6.49. The summed E-state index contributed by atoms with van der Waals surface area (Å²) >= 11 is 11.7. The maximum absolute atomic E-state index is 11.8. The molecule has 0 radical (unpaired) electrons. The molecule has 0 saturated heterocycles. The van der Waals surface area contributed by atoms with Crippen LogP contribution < -0.4 is 5.32 Å². The molecule has 0 aliphatic heterocycles. The standard InChI is InChI=1S/C17H20ClNO3S/c1-9(2)17(16(20)21)8-12(5-6-14(17)18)19-15(23)13-7-10(3)22-11(13)4/h5-9,14H,1-4H3,(H,19,23)(H,20,21). The Bertz CT molecular complexity index is 705. The summed E-state index contributed by atoms with van der Waals surface area (Å²) in [6, 6.07) is 1.86. The Morgan fingerprint density at radius 1 is 1.48 bits per heavy atom. The molecule has 2 atom stereocenters. The largest absolute Gasteiger partial charge is 0.481 e. The van der Waals surface area contributed by atoms with Gasteiger partial charge in [0.2, 0.25) is 0 Å². The molecular formula is C17H20ClNO3S. The second-order valence-corrected chi connectivity index (χ2v) is 6.91. The summed E-state index contributed by atoms with van der Waals surface area (Å²) in [7, 11) is 0. The Morgan fingerprint density at radius 2 is 2.13 bits per heavy atom. The number of carboxylic acids is 1. The number of hydrogen-bond donors (Lipinski definition) is 2. The smallest absolute Gasteiger partial charge is 0.315 e. The van der Waals surface area contributed by atoms with E-state index in [1.54, 1.807) is 18.2 Å². The van der Waals surface area contributed by atoms with Gasteiger partial charge in [0.1, 0.15) is 21.9 Å². The zero-order valence-corrected chi connectivity index (χ0v) is 15.1. The summed E-state index contributed by atoms with van der Waals surface area (Å²) < 4.78 is 5.48. The molecule has 2 N–H and O–H groups in total. The zero-order valence-electron chi connectivity index (χ0n) is 13.5. The van der Waals surface area contributed by atoms with Crippen LogP contribution >= 0.6 is 23.8 Å². The van der Waals surface area contributed by atoms with Gasteiger partial charge in [0.15, 0.2) is 0 Å². The second-order valence-electron chi connectivity index (χ2n) is 6.03. The molecule has 2 rings (SSSR count). The molecule has 23 heavy (non-hydrogen) atoms. The SMILES string of the molecule is Cc1cc(C(=S)NC2=CC(C(=O)O)(C(C)C)C(Cl)C=C2)c(C)o1. The molecule has 0 fully saturated rings. The van der Waals surface area contributed by atoms with Crippen molar-refractivity contribution in [2.45, 2.75) is 33.1 Å². The van der Waals surface area contributed by atoms with Crippen molar-refractivity contribution in [3.63, 3.8) is 0 Å². The average Bonchev–Trinajstić information content (AvgIpc) is 2.79. The van der Waals surface area contributed by atoms with Crippen LogP contribution in [-0.4, -0.2) is 21.4 Å². The Balaban J connectivity index is 2.33. The molecule has 1 aliphatic rings. The summed E-state index contributed by atoms with van der Waals surface area (Å²) in [4.78, 5) is 12.3. The minimum Gasteiger partial charge on any atom is -0.481 e. The summed E-state index contributed by atoms with van der Waals surface area (Å²) in [6.07, 6.45) is 5.11. The predicted molar refractivity (Wildman–Crippen MR) is 94.8 cm³/mol. The predicted octanol–water partition coefficient (Wildman–Crippen LogP) is 3.95. The molecule has 1 aromatic rings. The Morgan fingerprint density at radius 3 is 2.61 bits per heavy atom. The number of alkyl halides is 1. The molecule has 0 spiro atoms. The fourth-order valence-electron chi connectivity index (χ4n) is 2.78. The van der Waals surface area contributed by atoms with Crippen LogP contribution in [0.2, 0.25) is 0 Å². The number of carboxylic acid groups (broad SMARTS) is 1. The minimum atomic E-state index is -1.17. The highest BCUT2D eigenvalue weighted by molar-refractivity contribution is 7.80. The van der Waals surface area contributed by atoms with Gasteiger partial charge in [0.25, 0.3) is 0 Å².